The minimum Gasteiger partial charge on any atom is -0.496 e. The van der Waals surface area contributed by atoms with Crippen LogP contribution in [-0.2, 0) is 4.79 Å². The van der Waals surface area contributed by atoms with Crippen LogP contribution in [0, 0.1) is 11.6 Å². The number of carbonyl (C=O) groups is 1. The van der Waals surface area contributed by atoms with Crippen molar-refractivity contribution < 1.29 is 18.3 Å². The van der Waals surface area contributed by atoms with Crippen LogP contribution in [0.3, 0.4) is 0 Å². The number of nitrogens with zero attached hydrogens (tertiary/aromatic N) is 1. The van der Waals surface area contributed by atoms with E-state index in [1.165, 1.54) is 17.8 Å². The van der Waals surface area contributed by atoms with Gasteiger partial charge in [-0.25, -0.2) is 8.78 Å². The van der Waals surface area contributed by atoms with Crippen molar-refractivity contribution in [3.63, 3.8) is 0 Å². The lowest BCUT2D eigenvalue weighted by Gasteiger charge is -2.25. The normalized spacial score (nSPS) is 16.9. The summed E-state index contributed by atoms with van der Waals surface area (Å²) in [5, 5.41) is 0. The van der Waals surface area contributed by atoms with Gasteiger partial charge in [0.05, 0.1) is 18.9 Å². The molecule has 1 aliphatic rings. The van der Waals surface area contributed by atoms with Gasteiger partial charge in [0.1, 0.15) is 17.4 Å². The van der Waals surface area contributed by atoms with Crippen molar-refractivity contribution in [2.24, 2.45) is 0 Å². The molecule has 0 radical (unpaired) electrons. The van der Waals surface area contributed by atoms with Crippen molar-refractivity contribution in [2.75, 3.05) is 19.4 Å². The second-order valence-corrected chi connectivity index (χ2v) is 6.87. The summed E-state index contributed by atoms with van der Waals surface area (Å²) >= 11 is 1.39. The zero-order valence-corrected chi connectivity index (χ0v) is 14.7. The Morgan fingerprint density at radius 1 is 1.28 bits per heavy atom. The van der Waals surface area contributed by atoms with Gasteiger partial charge >= 0.3 is 0 Å². The van der Waals surface area contributed by atoms with Crippen molar-refractivity contribution in [3.8, 4) is 5.75 Å². The highest BCUT2D eigenvalue weighted by atomic mass is 32.2. The Hall–Kier alpha value is -2.08. The number of likely N-dealkylation sites (tertiary alicyclic amines) is 1. The number of rotatable bonds is 5. The van der Waals surface area contributed by atoms with Gasteiger partial charge in [-0.05, 0) is 43.2 Å². The van der Waals surface area contributed by atoms with E-state index < -0.39 is 17.7 Å². The predicted molar refractivity (Wildman–Crippen MR) is 93.8 cm³/mol. The van der Waals surface area contributed by atoms with Crippen LogP contribution in [0.15, 0.2) is 47.4 Å². The van der Waals surface area contributed by atoms with Crippen LogP contribution in [0.2, 0.25) is 0 Å². The SMILES string of the molecule is COc1ccccc1SCC(=O)N1CCCC1c1cc(F)ccc1F. The molecule has 25 heavy (non-hydrogen) atoms. The molecule has 0 saturated carbocycles. The van der Waals surface area contributed by atoms with Gasteiger partial charge < -0.3 is 9.64 Å². The Kier molecular flexibility index (Phi) is 5.58. The van der Waals surface area contributed by atoms with E-state index in [4.69, 9.17) is 4.74 Å². The van der Waals surface area contributed by atoms with Gasteiger partial charge in [-0.1, -0.05) is 12.1 Å². The Labute approximate surface area is 150 Å². The lowest BCUT2D eigenvalue weighted by atomic mass is 10.0. The lowest BCUT2D eigenvalue weighted by Crippen LogP contribution is -2.32. The third-order valence-electron chi connectivity index (χ3n) is 4.31. The first-order chi connectivity index (χ1) is 12.1. The number of hydrogen-bond acceptors (Lipinski definition) is 3. The van der Waals surface area contributed by atoms with E-state index in [0.717, 1.165) is 29.2 Å². The van der Waals surface area contributed by atoms with Crippen LogP contribution in [0.1, 0.15) is 24.4 Å². The maximum absolute atomic E-state index is 14.1. The highest BCUT2D eigenvalue weighted by Crippen LogP contribution is 2.35. The molecular formula is C19H19F2NO2S. The van der Waals surface area contributed by atoms with E-state index in [1.807, 2.05) is 24.3 Å². The van der Waals surface area contributed by atoms with Crippen LogP contribution in [0.25, 0.3) is 0 Å². The molecule has 0 N–H and O–H groups in total. The summed E-state index contributed by atoms with van der Waals surface area (Å²) < 4.78 is 32.9. The summed E-state index contributed by atoms with van der Waals surface area (Å²) in [5.41, 5.74) is 0.258. The fourth-order valence-corrected chi connectivity index (χ4v) is 4.03. The molecule has 132 valence electrons. The van der Waals surface area contributed by atoms with Gasteiger partial charge in [0.15, 0.2) is 0 Å². The molecule has 0 bridgehead atoms. The number of para-hydroxylation sites is 1. The van der Waals surface area contributed by atoms with Gasteiger partial charge in [-0.15, -0.1) is 11.8 Å². The molecule has 3 rings (SSSR count). The van der Waals surface area contributed by atoms with Crippen molar-refractivity contribution in [1.82, 2.24) is 4.90 Å². The highest BCUT2D eigenvalue weighted by molar-refractivity contribution is 8.00. The van der Waals surface area contributed by atoms with Crippen LogP contribution < -0.4 is 4.74 Å². The minimum atomic E-state index is -0.487. The van der Waals surface area contributed by atoms with E-state index in [9.17, 15) is 13.6 Å². The van der Waals surface area contributed by atoms with Crippen LogP contribution in [0.5, 0.6) is 5.75 Å². The molecule has 2 aromatic carbocycles. The number of carbonyl (C=O) groups excluding carboxylic acids is 1. The van der Waals surface area contributed by atoms with Gasteiger partial charge in [0, 0.05) is 17.0 Å². The molecule has 0 aromatic heterocycles. The van der Waals surface area contributed by atoms with Crippen molar-refractivity contribution >= 4 is 17.7 Å². The first-order valence-corrected chi connectivity index (χ1v) is 9.09. The quantitative estimate of drug-likeness (QED) is 0.736. The van der Waals surface area contributed by atoms with Crippen LogP contribution >= 0.6 is 11.8 Å². The third kappa shape index (κ3) is 3.95. The molecule has 1 amide bonds. The van der Waals surface area contributed by atoms with E-state index in [2.05, 4.69) is 0 Å². The number of hydrogen-bond donors (Lipinski definition) is 0. The molecule has 2 aromatic rings. The number of ether oxygens (including phenoxy) is 1. The second kappa shape index (κ2) is 7.87. The van der Waals surface area contributed by atoms with E-state index >= 15 is 0 Å². The number of thioether (sulfide) groups is 1. The smallest absolute Gasteiger partial charge is 0.233 e. The lowest BCUT2D eigenvalue weighted by molar-refractivity contribution is -0.129. The number of methoxy groups -OCH3 is 1. The van der Waals surface area contributed by atoms with Crippen molar-refractivity contribution in [1.29, 1.82) is 0 Å². The van der Waals surface area contributed by atoms with E-state index in [1.54, 1.807) is 12.0 Å². The summed E-state index contributed by atoms with van der Waals surface area (Å²) in [6.45, 7) is 0.561. The first-order valence-electron chi connectivity index (χ1n) is 8.10. The molecule has 1 unspecified atom stereocenters. The topological polar surface area (TPSA) is 29.5 Å². The molecule has 1 atom stereocenters. The summed E-state index contributed by atoms with van der Waals surface area (Å²) in [6, 6.07) is 10.5. The predicted octanol–water partition coefficient (Wildman–Crippen LogP) is 4.43. The molecule has 1 fully saturated rings. The van der Waals surface area contributed by atoms with Gasteiger partial charge in [0.2, 0.25) is 5.91 Å². The molecule has 1 heterocycles. The molecule has 3 nitrogen and oxygen atoms in total. The molecular weight excluding hydrogens is 344 g/mol. The average Bonchev–Trinajstić information content (AvgIpc) is 3.11. The summed E-state index contributed by atoms with van der Waals surface area (Å²) in [5.74, 6) is -0.0903. The maximum Gasteiger partial charge on any atom is 0.233 e. The monoisotopic (exact) mass is 363 g/mol. The fourth-order valence-electron chi connectivity index (χ4n) is 3.12. The zero-order valence-electron chi connectivity index (χ0n) is 13.9. The van der Waals surface area contributed by atoms with Gasteiger partial charge in [-0.2, -0.15) is 0 Å². The summed E-state index contributed by atoms with van der Waals surface area (Å²) in [7, 11) is 1.59. The standard InChI is InChI=1S/C19H19F2NO2S/c1-24-17-6-2-3-7-18(17)25-12-19(23)22-10-4-5-16(22)14-11-13(20)8-9-15(14)21/h2-3,6-9,11,16H,4-5,10,12H2,1H3. The van der Waals surface area contributed by atoms with Crippen LogP contribution in [-0.4, -0.2) is 30.2 Å². The minimum absolute atomic E-state index is 0.0814. The molecule has 6 heteroatoms. The molecule has 0 aliphatic carbocycles. The summed E-state index contributed by atoms with van der Waals surface area (Å²) in [6.07, 6.45) is 1.43. The number of halogens is 2. The Morgan fingerprint density at radius 2 is 2.08 bits per heavy atom. The summed E-state index contributed by atoms with van der Waals surface area (Å²) in [4.78, 5) is 15.2. The molecule has 1 saturated heterocycles. The van der Waals surface area contributed by atoms with E-state index in [0.29, 0.717) is 13.0 Å². The first kappa shape index (κ1) is 17.7. The number of amides is 1. The Morgan fingerprint density at radius 3 is 2.88 bits per heavy atom. The number of benzene rings is 2. The maximum atomic E-state index is 14.1. The van der Waals surface area contributed by atoms with Gasteiger partial charge in [-0.3, -0.25) is 4.79 Å². The largest absolute Gasteiger partial charge is 0.496 e. The average molecular weight is 363 g/mol. The molecule has 1 aliphatic heterocycles. The van der Waals surface area contributed by atoms with Crippen molar-refractivity contribution in [2.45, 2.75) is 23.8 Å². The second-order valence-electron chi connectivity index (χ2n) is 5.85. The van der Waals surface area contributed by atoms with Gasteiger partial charge in [0.25, 0.3) is 0 Å². The zero-order chi connectivity index (χ0) is 17.8. The van der Waals surface area contributed by atoms with Crippen LogP contribution in [0.4, 0.5) is 8.78 Å². The Bertz CT molecular complexity index is 769. The molecule has 0 spiro atoms. The van der Waals surface area contributed by atoms with Crippen molar-refractivity contribution in [3.05, 3.63) is 59.7 Å². The Balaban J connectivity index is 1.72. The fraction of sp³-hybridized carbons (Fsp3) is 0.316. The van der Waals surface area contributed by atoms with E-state index in [-0.39, 0.29) is 17.2 Å². The highest BCUT2D eigenvalue weighted by Gasteiger charge is 2.31. The third-order valence-corrected chi connectivity index (χ3v) is 5.35.